The highest BCUT2D eigenvalue weighted by Gasteiger charge is 2.24. The average Bonchev–Trinajstić information content (AvgIpc) is 3.27. The van der Waals surface area contributed by atoms with Crippen LogP contribution in [0, 0.1) is 12.8 Å². The van der Waals surface area contributed by atoms with Crippen molar-refractivity contribution in [3.8, 4) is 0 Å². The fourth-order valence-electron chi connectivity index (χ4n) is 3.03. The molecule has 1 atom stereocenters. The summed E-state index contributed by atoms with van der Waals surface area (Å²) < 4.78 is 2.09. The molecule has 27 heavy (non-hydrogen) atoms. The summed E-state index contributed by atoms with van der Waals surface area (Å²) in [5.74, 6) is 0.522. The van der Waals surface area contributed by atoms with Crippen molar-refractivity contribution in [3.63, 3.8) is 0 Å². The van der Waals surface area contributed by atoms with Gasteiger partial charge in [0.1, 0.15) is 11.9 Å². The van der Waals surface area contributed by atoms with Gasteiger partial charge in [-0.2, -0.15) is 0 Å². The Morgan fingerprint density at radius 1 is 1.19 bits per heavy atom. The summed E-state index contributed by atoms with van der Waals surface area (Å²) in [6, 6.07) is 10.9. The molecule has 0 aliphatic heterocycles. The molecule has 3 aromatic rings. The molecule has 0 aliphatic rings. The third-order valence-corrected chi connectivity index (χ3v) is 5.33. The quantitative estimate of drug-likeness (QED) is 0.657. The molecule has 2 aromatic heterocycles. The normalized spacial score (nSPS) is 12.3. The van der Waals surface area contributed by atoms with Crippen LogP contribution >= 0.6 is 11.3 Å². The number of benzene rings is 1. The van der Waals surface area contributed by atoms with E-state index in [0.29, 0.717) is 18.0 Å². The second-order valence-corrected chi connectivity index (χ2v) is 7.71. The Morgan fingerprint density at radius 3 is 2.67 bits per heavy atom. The van der Waals surface area contributed by atoms with Gasteiger partial charge in [0.2, 0.25) is 5.91 Å². The van der Waals surface area contributed by atoms with Crippen molar-refractivity contribution in [2.75, 3.05) is 6.54 Å². The summed E-state index contributed by atoms with van der Waals surface area (Å²) in [6.45, 7) is 6.90. The standard InChI is InChI=1S/C20H24N4O2S/c1-13(2)18(23-19(25)17-9-6-12-27-17)20(26)21-10-11-24-14(3)22-15-7-4-5-8-16(15)24/h4-9,12-13,18H,10-11H2,1-3H3,(H,21,26)(H,23,25). The van der Waals surface area contributed by atoms with Crippen LogP contribution in [0.1, 0.15) is 29.3 Å². The van der Waals surface area contributed by atoms with E-state index >= 15 is 0 Å². The van der Waals surface area contributed by atoms with E-state index in [2.05, 4.69) is 20.2 Å². The monoisotopic (exact) mass is 384 g/mol. The van der Waals surface area contributed by atoms with E-state index in [9.17, 15) is 9.59 Å². The lowest BCUT2D eigenvalue weighted by Gasteiger charge is -2.21. The molecule has 7 heteroatoms. The third-order valence-electron chi connectivity index (χ3n) is 4.46. The summed E-state index contributed by atoms with van der Waals surface area (Å²) in [5, 5.41) is 7.63. The highest BCUT2D eigenvalue weighted by atomic mass is 32.1. The van der Waals surface area contributed by atoms with Crippen LogP contribution in [0.5, 0.6) is 0 Å². The SMILES string of the molecule is Cc1nc2ccccc2n1CCNC(=O)C(NC(=O)c1cccs1)C(C)C. The zero-order valence-corrected chi connectivity index (χ0v) is 16.5. The molecule has 3 rings (SSSR count). The van der Waals surface area contributed by atoms with Crippen LogP contribution in [0.3, 0.4) is 0 Å². The van der Waals surface area contributed by atoms with Gasteiger partial charge in [-0.15, -0.1) is 11.3 Å². The largest absolute Gasteiger partial charge is 0.353 e. The Kier molecular flexibility index (Phi) is 5.91. The molecular weight excluding hydrogens is 360 g/mol. The van der Waals surface area contributed by atoms with Crippen molar-refractivity contribution in [3.05, 3.63) is 52.5 Å². The molecule has 142 valence electrons. The molecule has 1 aromatic carbocycles. The Morgan fingerprint density at radius 2 is 1.96 bits per heavy atom. The van der Waals surface area contributed by atoms with E-state index in [4.69, 9.17) is 0 Å². The molecule has 0 bridgehead atoms. The van der Waals surface area contributed by atoms with Gasteiger partial charge in [0.15, 0.2) is 0 Å². The van der Waals surface area contributed by atoms with Crippen LogP contribution < -0.4 is 10.6 Å². The predicted octanol–water partition coefficient (Wildman–Crippen LogP) is 2.98. The summed E-state index contributed by atoms with van der Waals surface area (Å²) in [6.07, 6.45) is 0. The zero-order chi connectivity index (χ0) is 19.4. The van der Waals surface area contributed by atoms with E-state index in [1.165, 1.54) is 11.3 Å². The van der Waals surface area contributed by atoms with Gasteiger partial charge in [0, 0.05) is 13.1 Å². The van der Waals surface area contributed by atoms with Gasteiger partial charge >= 0.3 is 0 Å². The summed E-state index contributed by atoms with van der Waals surface area (Å²) in [7, 11) is 0. The van der Waals surface area contributed by atoms with Gasteiger partial charge in [-0.25, -0.2) is 4.98 Å². The zero-order valence-electron chi connectivity index (χ0n) is 15.7. The molecule has 0 saturated carbocycles. The van der Waals surface area contributed by atoms with Crippen molar-refractivity contribution in [2.24, 2.45) is 5.92 Å². The van der Waals surface area contributed by atoms with E-state index in [1.54, 1.807) is 6.07 Å². The fraction of sp³-hybridized carbons (Fsp3) is 0.350. The first kappa shape index (κ1) is 19.1. The number of nitrogens with one attached hydrogen (secondary N) is 2. The van der Waals surface area contributed by atoms with Crippen molar-refractivity contribution in [1.29, 1.82) is 0 Å². The molecule has 0 spiro atoms. The van der Waals surface area contributed by atoms with E-state index < -0.39 is 6.04 Å². The number of hydrogen-bond acceptors (Lipinski definition) is 4. The third kappa shape index (κ3) is 4.36. The smallest absolute Gasteiger partial charge is 0.262 e. The predicted molar refractivity (Wildman–Crippen MR) is 108 cm³/mol. The van der Waals surface area contributed by atoms with Crippen LogP contribution in [-0.2, 0) is 11.3 Å². The number of imidazole rings is 1. The lowest BCUT2D eigenvalue weighted by molar-refractivity contribution is -0.123. The van der Waals surface area contributed by atoms with Crippen molar-refractivity contribution in [1.82, 2.24) is 20.2 Å². The number of rotatable bonds is 7. The van der Waals surface area contributed by atoms with Crippen LogP contribution in [0.15, 0.2) is 41.8 Å². The number of aryl methyl sites for hydroxylation is 1. The molecule has 2 amide bonds. The molecular formula is C20H24N4O2S. The maximum atomic E-state index is 12.6. The van der Waals surface area contributed by atoms with Crippen molar-refractivity contribution in [2.45, 2.75) is 33.4 Å². The number of thiophene rings is 1. The van der Waals surface area contributed by atoms with Gasteiger partial charge in [-0.05, 0) is 36.4 Å². The second kappa shape index (κ2) is 8.35. The number of carbonyl (C=O) groups excluding carboxylic acids is 2. The highest BCUT2D eigenvalue weighted by molar-refractivity contribution is 7.12. The van der Waals surface area contributed by atoms with Gasteiger partial charge in [-0.3, -0.25) is 9.59 Å². The van der Waals surface area contributed by atoms with E-state index in [0.717, 1.165) is 16.9 Å². The average molecular weight is 385 g/mol. The van der Waals surface area contributed by atoms with Crippen molar-refractivity contribution < 1.29 is 9.59 Å². The number of carbonyl (C=O) groups is 2. The molecule has 0 radical (unpaired) electrons. The molecule has 0 aliphatic carbocycles. The highest BCUT2D eigenvalue weighted by Crippen LogP contribution is 2.15. The molecule has 2 N–H and O–H groups in total. The van der Waals surface area contributed by atoms with Gasteiger partial charge in [0.25, 0.3) is 5.91 Å². The number of amides is 2. The van der Waals surface area contributed by atoms with Crippen LogP contribution in [0.2, 0.25) is 0 Å². The maximum Gasteiger partial charge on any atom is 0.262 e. The number of aromatic nitrogens is 2. The van der Waals surface area contributed by atoms with Gasteiger partial charge in [0.05, 0.1) is 15.9 Å². The first-order valence-electron chi connectivity index (χ1n) is 9.01. The first-order chi connectivity index (χ1) is 13.0. The number of nitrogens with zero attached hydrogens (tertiary/aromatic N) is 2. The summed E-state index contributed by atoms with van der Waals surface area (Å²) >= 11 is 1.36. The summed E-state index contributed by atoms with van der Waals surface area (Å²) in [4.78, 5) is 30.0. The lowest BCUT2D eigenvalue weighted by Crippen LogP contribution is -2.50. The van der Waals surface area contributed by atoms with Crippen LogP contribution in [-0.4, -0.2) is 34.0 Å². The van der Waals surface area contributed by atoms with Crippen LogP contribution in [0.25, 0.3) is 11.0 Å². The van der Waals surface area contributed by atoms with Crippen molar-refractivity contribution >= 4 is 34.2 Å². The van der Waals surface area contributed by atoms with Gasteiger partial charge < -0.3 is 15.2 Å². The molecule has 0 fully saturated rings. The van der Waals surface area contributed by atoms with E-state index in [-0.39, 0.29) is 17.7 Å². The first-order valence-corrected chi connectivity index (χ1v) is 9.89. The topological polar surface area (TPSA) is 76.0 Å². The van der Waals surface area contributed by atoms with Crippen LogP contribution in [0.4, 0.5) is 0 Å². The Hall–Kier alpha value is -2.67. The number of fused-ring (bicyclic) bond motifs is 1. The molecule has 6 nitrogen and oxygen atoms in total. The minimum Gasteiger partial charge on any atom is -0.353 e. The second-order valence-electron chi connectivity index (χ2n) is 6.76. The molecule has 2 heterocycles. The van der Waals surface area contributed by atoms with Gasteiger partial charge in [-0.1, -0.05) is 32.0 Å². The lowest BCUT2D eigenvalue weighted by atomic mass is 10.0. The Bertz CT molecular complexity index is 931. The molecule has 1 unspecified atom stereocenters. The minimum absolute atomic E-state index is 0.00952. The maximum absolute atomic E-state index is 12.6. The van der Waals surface area contributed by atoms with E-state index in [1.807, 2.05) is 56.5 Å². The Labute approximate surface area is 162 Å². The number of hydrogen-bond donors (Lipinski definition) is 2. The Balaban J connectivity index is 1.61. The minimum atomic E-state index is -0.569. The summed E-state index contributed by atoms with van der Waals surface area (Å²) in [5.41, 5.74) is 2.00. The fourth-order valence-corrected chi connectivity index (χ4v) is 3.66. The number of para-hydroxylation sites is 2. The molecule has 0 saturated heterocycles.